The fourth-order valence-electron chi connectivity index (χ4n) is 1.55. The molecule has 0 unspecified atom stereocenters. The molecule has 0 aliphatic heterocycles. The first kappa shape index (κ1) is 12.2. The molecule has 94 valence electrons. The first-order chi connectivity index (χ1) is 8.65. The van der Waals surface area contributed by atoms with Gasteiger partial charge in [0.05, 0.1) is 12.8 Å². The van der Waals surface area contributed by atoms with Gasteiger partial charge in [0.25, 0.3) is 0 Å². The maximum atomic E-state index is 11.8. The van der Waals surface area contributed by atoms with E-state index in [-0.39, 0.29) is 5.91 Å². The number of furan rings is 2. The Labute approximate surface area is 105 Å². The summed E-state index contributed by atoms with van der Waals surface area (Å²) in [6, 6.07) is 7.32. The Balaban J connectivity index is 1.92. The van der Waals surface area contributed by atoms with E-state index in [0.717, 1.165) is 11.5 Å². The molecule has 0 atom stereocenters. The third-order valence-electron chi connectivity index (χ3n) is 2.50. The van der Waals surface area contributed by atoms with Crippen molar-refractivity contribution in [1.29, 1.82) is 0 Å². The molecule has 0 spiro atoms. The Morgan fingerprint density at radius 3 is 2.83 bits per heavy atom. The number of hydrogen-bond acceptors (Lipinski definition) is 3. The molecular formula is C14H15NO3. The average Bonchev–Trinajstić information content (AvgIpc) is 2.97. The second kappa shape index (κ2) is 5.40. The zero-order chi connectivity index (χ0) is 13.0. The SMILES string of the molecule is Cc1ccc(CN(C)C(=O)C=Cc2ccco2)o1. The number of aryl methyl sites for hydroxylation is 1. The summed E-state index contributed by atoms with van der Waals surface area (Å²) in [5.74, 6) is 2.18. The highest BCUT2D eigenvalue weighted by Gasteiger charge is 2.08. The summed E-state index contributed by atoms with van der Waals surface area (Å²) in [7, 11) is 1.73. The largest absolute Gasteiger partial charge is 0.465 e. The lowest BCUT2D eigenvalue weighted by molar-refractivity contribution is -0.125. The van der Waals surface area contributed by atoms with Gasteiger partial charge in [-0.1, -0.05) is 0 Å². The summed E-state index contributed by atoms with van der Waals surface area (Å²) in [4.78, 5) is 13.4. The smallest absolute Gasteiger partial charge is 0.246 e. The molecule has 0 aromatic carbocycles. The van der Waals surface area contributed by atoms with Crippen molar-refractivity contribution < 1.29 is 13.6 Å². The standard InChI is InChI=1S/C14H15NO3/c1-11-5-6-13(18-11)10-15(2)14(16)8-7-12-4-3-9-17-12/h3-9H,10H2,1-2H3. The molecule has 0 aliphatic carbocycles. The molecule has 4 nitrogen and oxygen atoms in total. The van der Waals surface area contributed by atoms with Crippen LogP contribution in [0.5, 0.6) is 0 Å². The molecule has 0 radical (unpaired) electrons. The number of carbonyl (C=O) groups excluding carboxylic acids is 1. The minimum atomic E-state index is -0.0968. The summed E-state index contributed by atoms with van der Waals surface area (Å²) in [6.45, 7) is 2.33. The van der Waals surface area contributed by atoms with E-state index in [9.17, 15) is 4.79 Å². The van der Waals surface area contributed by atoms with Crippen LogP contribution >= 0.6 is 0 Å². The minimum absolute atomic E-state index is 0.0968. The van der Waals surface area contributed by atoms with Crippen LogP contribution < -0.4 is 0 Å². The van der Waals surface area contributed by atoms with Crippen LogP contribution in [-0.2, 0) is 11.3 Å². The van der Waals surface area contributed by atoms with Crippen molar-refractivity contribution in [2.24, 2.45) is 0 Å². The van der Waals surface area contributed by atoms with E-state index in [4.69, 9.17) is 8.83 Å². The highest BCUT2D eigenvalue weighted by Crippen LogP contribution is 2.09. The van der Waals surface area contributed by atoms with Gasteiger partial charge in [-0.25, -0.2) is 0 Å². The Kier molecular flexibility index (Phi) is 3.67. The van der Waals surface area contributed by atoms with Crippen molar-refractivity contribution in [3.05, 3.63) is 53.9 Å². The second-order valence-corrected chi connectivity index (χ2v) is 4.06. The molecule has 0 fully saturated rings. The van der Waals surface area contributed by atoms with Crippen LogP contribution in [-0.4, -0.2) is 17.9 Å². The minimum Gasteiger partial charge on any atom is -0.465 e. The van der Waals surface area contributed by atoms with Gasteiger partial charge in [-0.05, 0) is 37.3 Å². The predicted octanol–water partition coefficient (Wildman–Crippen LogP) is 2.85. The lowest BCUT2D eigenvalue weighted by Crippen LogP contribution is -2.23. The third-order valence-corrected chi connectivity index (χ3v) is 2.50. The highest BCUT2D eigenvalue weighted by atomic mass is 16.3. The van der Waals surface area contributed by atoms with Crippen LogP contribution in [0.25, 0.3) is 6.08 Å². The van der Waals surface area contributed by atoms with Gasteiger partial charge in [0.2, 0.25) is 5.91 Å². The Morgan fingerprint density at radius 1 is 1.39 bits per heavy atom. The van der Waals surface area contributed by atoms with Crippen molar-refractivity contribution in [2.75, 3.05) is 7.05 Å². The third kappa shape index (κ3) is 3.13. The van der Waals surface area contributed by atoms with E-state index >= 15 is 0 Å². The zero-order valence-corrected chi connectivity index (χ0v) is 10.4. The van der Waals surface area contributed by atoms with E-state index in [1.807, 2.05) is 19.1 Å². The lowest BCUT2D eigenvalue weighted by Gasteiger charge is -2.12. The molecule has 0 aliphatic rings. The van der Waals surface area contributed by atoms with Gasteiger partial charge in [-0.2, -0.15) is 0 Å². The number of carbonyl (C=O) groups is 1. The molecule has 0 saturated heterocycles. The number of likely N-dealkylation sites (N-methyl/N-ethyl adjacent to an activating group) is 1. The summed E-state index contributed by atoms with van der Waals surface area (Å²) in [5, 5.41) is 0. The van der Waals surface area contributed by atoms with Gasteiger partial charge in [0.1, 0.15) is 17.3 Å². The van der Waals surface area contributed by atoms with Crippen LogP contribution in [0, 0.1) is 6.92 Å². The predicted molar refractivity (Wildman–Crippen MR) is 67.7 cm³/mol. The molecule has 2 aromatic heterocycles. The van der Waals surface area contributed by atoms with Gasteiger partial charge in [-0.3, -0.25) is 4.79 Å². The molecule has 18 heavy (non-hydrogen) atoms. The van der Waals surface area contributed by atoms with Crippen LogP contribution in [0.3, 0.4) is 0 Å². The van der Waals surface area contributed by atoms with Crippen LogP contribution in [0.15, 0.2) is 45.4 Å². The molecule has 2 aromatic rings. The zero-order valence-electron chi connectivity index (χ0n) is 10.4. The number of hydrogen-bond donors (Lipinski definition) is 0. The van der Waals surface area contributed by atoms with Gasteiger partial charge in [0.15, 0.2) is 0 Å². The fourth-order valence-corrected chi connectivity index (χ4v) is 1.55. The van der Waals surface area contributed by atoms with Crippen molar-refractivity contribution >= 4 is 12.0 Å². The quantitative estimate of drug-likeness (QED) is 0.778. The molecule has 0 N–H and O–H groups in total. The average molecular weight is 245 g/mol. The van der Waals surface area contributed by atoms with E-state index < -0.39 is 0 Å². The Morgan fingerprint density at radius 2 is 2.22 bits per heavy atom. The number of rotatable bonds is 4. The van der Waals surface area contributed by atoms with Crippen molar-refractivity contribution in [2.45, 2.75) is 13.5 Å². The molecule has 0 bridgehead atoms. The van der Waals surface area contributed by atoms with Crippen molar-refractivity contribution in [3.63, 3.8) is 0 Å². The van der Waals surface area contributed by atoms with Gasteiger partial charge in [-0.15, -0.1) is 0 Å². The number of nitrogens with zero attached hydrogens (tertiary/aromatic N) is 1. The van der Waals surface area contributed by atoms with E-state index in [0.29, 0.717) is 12.3 Å². The maximum absolute atomic E-state index is 11.8. The monoisotopic (exact) mass is 245 g/mol. The van der Waals surface area contributed by atoms with Gasteiger partial charge >= 0.3 is 0 Å². The Bertz CT molecular complexity index is 537. The van der Waals surface area contributed by atoms with Crippen LogP contribution in [0.4, 0.5) is 0 Å². The summed E-state index contributed by atoms with van der Waals surface area (Å²) in [6.07, 6.45) is 4.69. The van der Waals surface area contributed by atoms with Gasteiger partial charge in [0, 0.05) is 13.1 Å². The van der Waals surface area contributed by atoms with Crippen molar-refractivity contribution in [3.8, 4) is 0 Å². The van der Waals surface area contributed by atoms with E-state index in [1.165, 1.54) is 6.08 Å². The van der Waals surface area contributed by atoms with E-state index in [2.05, 4.69) is 0 Å². The molecule has 2 rings (SSSR count). The fraction of sp³-hybridized carbons (Fsp3) is 0.214. The van der Waals surface area contributed by atoms with Crippen molar-refractivity contribution in [1.82, 2.24) is 4.90 Å². The molecule has 0 saturated carbocycles. The maximum Gasteiger partial charge on any atom is 0.246 e. The molecule has 2 heterocycles. The second-order valence-electron chi connectivity index (χ2n) is 4.06. The Hall–Kier alpha value is -2.23. The first-order valence-electron chi connectivity index (χ1n) is 5.67. The topological polar surface area (TPSA) is 46.6 Å². The molecule has 4 heteroatoms. The normalized spacial score (nSPS) is 11.0. The van der Waals surface area contributed by atoms with E-state index in [1.54, 1.807) is 36.4 Å². The van der Waals surface area contributed by atoms with Crippen LogP contribution in [0.2, 0.25) is 0 Å². The highest BCUT2D eigenvalue weighted by molar-refractivity contribution is 5.91. The number of amides is 1. The summed E-state index contributed by atoms with van der Waals surface area (Å²) < 4.78 is 10.5. The summed E-state index contributed by atoms with van der Waals surface area (Å²) >= 11 is 0. The molecular weight excluding hydrogens is 230 g/mol. The lowest BCUT2D eigenvalue weighted by atomic mass is 10.3. The summed E-state index contributed by atoms with van der Waals surface area (Å²) in [5.41, 5.74) is 0. The van der Waals surface area contributed by atoms with Crippen LogP contribution in [0.1, 0.15) is 17.3 Å². The first-order valence-corrected chi connectivity index (χ1v) is 5.67. The van der Waals surface area contributed by atoms with Gasteiger partial charge < -0.3 is 13.7 Å². The molecule has 1 amide bonds.